The second-order valence-corrected chi connectivity index (χ2v) is 5.29. The average Bonchev–Trinajstić information content (AvgIpc) is 2.74. The minimum Gasteiger partial charge on any atom is -0.378 e. The monoisotopic (exact) mass is 273 g/mol. The number of imidazole rings is 1. The standard InChI is InChI=1S/C15H19N3O2/c1-3-20-12-6-10(7-12)15(19)17-11-4-5-14-13(8-11)16-9-18(14)2/h4-5,8-10,12H,3,6-7H2,1-2H3,(H,17,19). The lowest BCUT2D eigenvalue weighted by Gasteiger charge is -2.33. The fraction of sp³-hybridized carbons (Fsp3) is 0.467. The van der Waals surface area contributed by atoms with Crippen molar-refractivity contribution in [1.29, 1.82) is 0 Å². The summed E-state index contributed by atoms with van der Waals surface area (Å²) in [6.07, 6.45) is 3.68. The molecule has 106 valence electrons. The van der Waals surface area contributed by atoms with Gasteiger partial charge in [0.05, 0.1) is 23.5 Å². The van der Waals surface area contributed by atoms with Crippen LogP contribution in [0.3, 0.4) is 0 Å². The van der Waals surface area contributed by atoms with Crippen molar-refractivity contribution in [2.75, 3.05) is 11.9 Å². The molecule has 1 aliphatic rings. The van der Waals surface area contributed by atoms with Gasteiger partial charge in [-0.1, -0.05) is 0 Å². The Balaban J connectivity index is 1.63. The van der Waals surface area contributed by atoms with E-state index in [0.717, 1.165) is 36.2 Å². The maximum absolute atomic E-state index is 12.1. The van der Waals surface area contributed by atoms with Crippen LogP contribution in [0.5, 0.6) is 0 Å². The first-order valence-corrected chi connectivity index (χ1v) is 7.01. The lowest BCUT2D eigenvalue weighted by Crippen LogP contribution is -2.39. The summed E-state index contributed by atoms with van der Waals surface area (Å²) in [7, 11) is 1.95. The number of nitrogens with one attached hydrogen (secondary N) is 1. The molecule has 3 rings (SSSR count). The zero-order valence-electron chi connectivity index (χ0n) is 11.8. The summed E-state index contributed by atoms with van der Waals surface area (Å²) in [5.41, 5.74) is 2.76. The van der Waals surface area contributed by atoms with E-state index in [9.17, 15) is 4.79 Å². The normalized spacial score (nSPS) is 21.7. The van der Waals surface area contributed by atoms with E-state index in [1.807, 2.05) is 36.7 Å². The van der Waals surface area contributed by atoms with Gasteiger partial charge in [0.2, 0.25) is 5.91 Å². The Bertz CT molecular complexity index is 629. The largest absolute Gasteiger partial charge is 0.378 e. The summed E-state index contributed by atoms with van der Waals surface area (Å²) in [5, 5.41) is 2.96. The maximum Gasteiger partial charge on any atom is 0.227 e. The van der Waals surface area contributed by atoms with E-state index in [0.29, 0.717) is 0 Å². The van der Waals surface area contributed by atoms with E-state index >= 15 is 0 Å². The van der Waals surface area contributed by atoms with Gasteiger partial charge in [0, 0.05) is 25.3 Å². The number of carbonyl (C=O) groups is 1. The fourth-order valence-electron chi connectivity index (χ4n) is 2.61. The summed E-state index contributed by atoms with van der Waals surface area (Å²) in [6.45, 7) is 2.70. The molecule has 1 aliphatic carbocycles. The van der Waals surface area contributed by atoms with Crippen LogP contribution in [0.2, 0.25) is 0 Å². The Morgan fingerprint density at radius 1 is 1.50 bits per heavy atom. The highest BCUT2D eigenvalue weighted by Crippen LogP contribution is 2.31. The second kappa shape index (κ2) is 5.25. The van der Waals surface area contributed by atoms with Gasteiger partial charge < -0.3 is 14.6 Å². The van der Waals surface area contributed by atoms with Gasteiger partial charge >= 0.3 is 0 Å². The topological polar surface area (TPSA) is 56.1 Å². The van der Waals surface area contributed by atoms with Crippen LogP contribution in [-0.2, 0) is 16.6 Å². The molecular weight excluding hydrogens is 254 g/mol. The van der Waals surface area contributed by atoms with E-state index in [1.165, 1.54) is 0 Å². The molecule has 5 nitrogen and oxygen atoms in total. The molecule has 0 unspecified atom stereocenters. The lowest BCUT2D eigenvalue weighted by atomic mass is 9.81. The van der Waals surface area contributed by atoms with E-state index in [4.69, 9.17) is 4.74 Å². The number of rotatable bonds is 4. The molecule has 0 radical (unpaired) electrons. The van der Waals surface area contributed by atoms with Crippen LogP contribution < -0.4 is 5.32 Å². The molecule has 1 aromatic carbocycles. The molecule has 0 atom stereocenters. The van der Waals surface area contributed by atoms with Crippen LogP contribution in [-0.4, -0.2) is 28.2 Å². The Hall–Kier alpha value is -1.88. The number of amides is 1. The van der Waals surface area contributed by atoms with E-state index in [2.05, 4.69) is 10.3 Å². The average molecular weight is 273 g/mol. The molecule has 0 aliphatic heterocycles. The van der Waals surface area contributed by atoms with Crippen molar-refractivity contribution < 1.29 is 9.53 Å². The molecule has 0 bridgehead atoms. The number of carbonyl (C=O) groups excluding carboxylic acids is 1. The number of fused-ring (bicyclic) bond motifs is 1. The van der Waals surface area contributed by atoms with E-state index in [-0.39, 0.29) is 17.9 Å². The highest BCUT2D eigenvalue weighted by molar-refractivity contribution is 5.95. The highest BCUT2D eigenvalue weighted by Gasteiger charge is 2.34. The van der Waals surface area contributed by atoms with Gasteiger partial charge in [0.1, 0.15) is 0 Å². The molecule has 20 heavy (non-hydrogen) atoms. The first-order valence-electron chi connectivity index (χ1n) is 7.01. The number of hydrogen-bond donors (Lipinski definition) is 1. The SMILES string of the molecule is CCOC1CC(C(=O)Nc2ccc3c(c2)ncn3C)C1. The second-order valence-electron chi connectivity index (χ2n) is 5.29. The molecule has 2 aromatic rings. The predicted molar refractivity (Wildman–Crippen MR) is 77.5 cm³/mol. The van der Waals surface area contributed by atoms with Crippen molar-refractivity contribution in [1.82, 2.24) is 9.55 Å². The van der Waals surface area contributed by atoms with Crippen molar-refractivity contribution in [3.8, 4) is 0 Å². The molecule has 5 heteroatoms. The van der Waals surface area contributed by atoms with Gasteiger partial charge in [-0.3, -0.25) is 4.79 Å². The first-order chi connectivity index (χ1) is 9.67. The molecule has 1 saturated carbocycles. The van der Waals surface area contributed by atoms with Gasteiger partial charge in [-0.25, -0.2) is 4.98 Å². The Morgan fingerprint density at radius 3 is 3.05 bits per heavy atom. The van der Waals surface area contributed by atoms with Crippen molar-refractivity contribution in [3.05, 3.63) is 24.5 Å². The summed E-state index contributed by atoms with van der Waals surface area (Å²) >= 11 is 0. The third kappa shape index (κ3) is 2.41. The molecule has 1 amide bonds. The van der Waals surface area contributed by atoms with Crippen LogP contribution in [0, 0.1) is 5.92 Å². The molecule has 1 N–H and O–H groups in total. The quantitative estimate of drug-likeness (QED) is 0.930. The van der Waals surface area contributed by atoms with Gasteiger partial charge in [-0.15, -0.1) is 0 Å². The third-order valence-corrected chi connectivity index (χ3v) is 3.86. The highest BCUT2D eigenvalue weighted by atomic mass is 16.5. The fourth-order valence-corrected chi connectivity index (χ4v) is 2.61. The van der Waals surface area contributed by atoms with Crippen LogP contribution in [0.15, 0.2) is 24.5 Å². The number of aromatic nitrogens is 2. The zero-order valence-corrected chi connectivity index (χ0v) is 11.8. The molecular formula is C15H19N3O2. The van der Waals surface area contributed by atoms with Gasteiger partial charge in [0.25, 0.3) is 0 Å². The first kappa shape index (κ1) is 13.1. The molecule has 0 saturated heterocycles. The maximum atomic E-state index is 12.1. The Labute approximate surface area is 117 Å². The predicted octanol–water partition coefficient (Wildman–Crippen LogP) is 2.33. The van der Waals surface area contributed by atoms with Crippen molar-refractivity contribution in [2.24, 2.45) is 13.0 Å². The number of hydrogen-bond acceptors (Lipinski definition) is 3. The van der Waals surface area contributed by atoms with E-state index < -0.39 is 0 Å². The Kier molecular flexibility index (Phi) is 3.44. The molecule has 1 aromatic heterocycles. The van der Waals surface area contributed by atoms with Crippen LogP contribution in [0.1, 0.15) is 19.8 Å². The minimum atomic E-state index is 0.0750. The van der Waals surface area contributed by atoms with Crippen molar-refractivity contribution in [3.63, 3.8) is 0 Å². The van der Waals surface area contributed by atoms with Crippen LogP contribution in [0.25, 0.3) is 11.0 Å². The van der Waals surface area contributed by atoms with Crippen molar-refractivity contribution in [2.45, 2.75) is 25.9 Å². The summed E-state index contributed by atoms with van der Waals surface area (Å²) in [6, 6.07) is 5.80. The van der Waals surface area contributed by atoms with Gasteiger partial charge in [-0.2, -0.15) is 0 Å². The summed E-state index contributed by atoms with van der Waals surface area (Å²) in [5.74, 6) is 0.155. The van der Waals surface area contributed by atoms with Crippen LogP contribution >= 0.6 is 0 Å². The number of benzene rings is 1. The molecule has 1 heterocycles. The molecule has 0 spiro atoms. The summed E-state index contributed by atoms with van der Waals surface area (Å²) < 4.78 is 7.43. The zero-order chi connectivity index (χ0) is 14.1. The number of anilines is 1. The van der Waals surface area contributed by atoms with E-state index in [1.54, 1.807) is 6.33 Å². The van der Waals surface area contributed by atoms with Gasteiger partial charge in [-0.05, 0) is 38.0 Å². The smallest absolute Gasteiger partial charge is 0.227 e. The van der Waals surface area contributed by atoms with Crippen LogP contribution in [0.4, 0.5) is 5.69 Å². The van der Waals surface area contributed by atoms with Crippen molar-refractivity contribution >= 4 is 22.6 Å². The number of aryl methyl sites for hydroxylation is 1. The molecule has 1 fully saturated rings. The lowest BCUT2D eigenvalue weighted by molar-refractivity contribution is -0.128. The minimum absolute atomic E-state index is 0.0750. The summed E-state index contributed by atoms with van der Waals surface area (Å²) in [4.78, 5) is 16.4. The Morgan fingerprint density at radius 2 is 2.30 bits per heavy atom. The number of ether oxygens (including phenoxy) is 1. The number of nitrogens with zero attached hydrogens (tertiary/aromatic N) is 2. The van der Waals surface area contributed by atoms with Gasteiger partial charge in [0.15, 0.2) is 0 Å². The third-order valence-electron chi connectivity index (χ3n) is 3.86.